The number of aryl methyl sites for hydroxylation is 5. The van der Waals surface area contributed by atoms with Gasteiger partial charge in [0.15, 0.2) is 37.1 Å². The van der Waals surface area contributed by atoms with Crippen molar-refractivity contribution < 1.29 is 14.2 Å². The van der Waals surface area contributed by atoms with Crippen LogP contribution in [0.4, 0.5) is 57.5 Å². The number of anilines is 10. The maximum absolute atomic E-state index is 6.71. The molecule has 0 atom stereocenters. The van der Waals surface area contributed by atoms with Gasteiger partial charge in [0, 0.05) is 176 Å². The molecule has 0 unspecified atom stereocenters. The lowest BCUT2D eigenvalue weighted by molar-refractivity contribution is 0.462. The van der Waals surface area contributed by atoms with E-state index in [1.807, 2.05) is 197 Å². The van der Waals surface area contributed by atoms with Crippen molar-refractivity contribution in [3.63, 3.8) is 0 Å². The second kappa shape index (κ2) is 54.4. The van der Waals surface area contributed by atoms with Crippen LogP contribution in [0.5, 0.6) is 34.5 Å². The molecule has 28 nitrogen and oxygen atoms in total. The number of thiocarbonyl (C=S) groups is 5. The zero-order chi connectivity index (χ0) is 98.6. The molecule has 5 saturated heterocycles. The molecule has 0 amide bonds. The van der Waals surface area contributed by atoms with E-state index in [1.165, 1.54) is 16.7 Å². The Bertz CT molecular complexity index is 6050. The van der Waals surface area contributed by atoms with Crippen molar-refractivity contribution in [2.75, 3.05) is 117 Å². The molecular weight excluding hydrogens is 1910 g/mol. The Hall–Kier alpha value is -13.7. The van der Waals surface area contributed by atoms with Gasteiger partial charge in [0.2, 0.25) is 0 Å². The number of benzene rings is 3. The van der Waals surface area contributed by atoms with Crippen molar-refractivity contribution in [1.29, 1.82) is 0 Å². The van der Waals surface area contributed by atoms with Crippen LogP contribution < -0.4 is 91.9 Å². The van der Waals surface area contributed by atoms with E-state index in [0.29, 0.717) is 60.5 Å². The third kappa shape index (κ3) is 33.8. The highest BCUT2D eigenvalue weighted by Crippen LogP contribution is 2.39. The third-order valence-corrected chi connectivity index (χ3v) is 25.6. The van der Waals surface area contributed by atoms with Crippen molar-refractivity contribution in [3.05, 3.63) is 319 Å². The second-order valence-electron chi connectivity index (χ2n) is 34.9. The fourth-order valence-corrected chi connectivity index (χ4v) is 18.3. The molecule has 0 radical (unpaired) electrons. The van der Waals surface area contributed by atoms with Gasteiger partial charge >= 0.3 is 0 Å². The van der Waals surface area contributed by atoms with Crippen molar-refractivity contribution in [3.8, 4) is 34.5 Å². The van der Waals surface area contributed by atoms with Gasteiger partial charge in [-0.3, -0.25) is 24.9 Å². The summed E-state index contributed by atoms with van der Waals surface area (Å²) in [5.74, 6) is 9.19. The Morgan fingerprint density at radius 3 is 0.972 bits per heavy atom. The lowest BCUT2D eigenvalue weighted by Crippen LogP contribution is -2.46. The highest BCUT2D eigenvalue weighted by Gasteiger charge is 2.29. The van der Waals surface area contributed by atoms with Crippen LogP contribution in [0.25, 0.3) is 5.57 Å². The number of allylic oxidation sites excluding steroid dienone is 1. The van der Waals surface area contributed by atoms with Crippen LogP contribution in [0.3, 0.4) is 0 Å². The van der Waals surface area contributed by atoms with Crippen molar-refractivity contribution in [2.45, 2.75) is 143 Å². The van der Waals surface area contributed by atoms with Crippen molar-refractivity contribution in [2.24, 2.45) is 0 Å². The van der Waals surface area contributed by atoms with E-state index in [1.54, 1.807) is 80.6 Å². The topological polar surface area (TPSA) is 293 Å². The van der Waals surface area contributed by atoms with Gasteiger partial charge in [-0.2, -0.15) is 0 Å². The van der Waals surface area contributed by atoms with Crippen LogP contribution in [-0.4, -0.2) is 171 Å². The normalized spacial score (nSPS) is 14.4. The summed E-state index contributed by atoms with van der Waals surface area (Å²) in [5.41, 5.74) is 12.4. The number of ether oxygens (including phenoxy) is 3. The Morgan fingerprint density at radius 2 is 0.641 bits per heavy atom. The van der Waals surface area contributed by atoms with Crippen LogP contribution in [0, 0.1) is 34.6 Å². The van der Waals surface area contributed by atoms with Gasteiger partial charge in [0.1, 0.15) is 57.0 Å². The molecule has 10 N–H and O–H groups in total. The van der Waals surface area contributed by atoms with Gasteiger partial charge < -0.3 is 91.9 Å². The standard InChI is InChI=1S/C24H26ClN5OS.2C23H25N5OS.C19H23N5S.C17H20ClN5S.CH4/c1-16-5-6-20(17(2)14-16)31-21-7-11-27-23(22(21)25)30-12-8-18(9-13-30)28-24(32)29-19-4-3-10-26-15-19;2*1-17-4-6-20(7-5-17)29-21-8-12-25-22(15-21)28-13-9-18(10-14-28)26-23(30)27-19-3-2-11-24-16-19;1-14(2)15-5-9-21-18(12-15)24-10-6-16(7-11-24)22-19(25)23-17-4-3-8-20-13-17;1-12-9-15(18)16(20-10-12)23-7-4-13(5-8-23)21-17(24)22-14-3-2-6-19-11-14;/h3-7,10-11,14-15,18H,8-9,12-13H2,1-2H3,(H2,28,29,32);2*2-8,11-12,15-16,18H,9-10,13-14H2,1H3,(H2,26,27,30);3-5,8-9,12-13,16H,1,6-7,10-11H2,2H3,(H2,22,23,25);2-3,6,9-11,13H,4-5,7-8H2,1H3,(H2,21,22,24);1H4. The van der Waals surface area contributed by atoms with Gasteiger partial charge in [0.05, 0.1) is 64.4 Å². The van der Waals surface area contributed by atoms with Crippen LogP contribution in [0.15, 0.2) is 275 Å². The molecular formula is C107H123Cl2N25O3S5. The van der Waals surface area contributed by atoms with Gasteiger partial charge in [-0.05, 0) is 305 Å². The predicted octanol–water partition coefficient (Wildman–Crippen LogP) is 22.1. The summed E-state index contributed by atoms with van der Waals surface area (Å²) in [4.78, 5) is 54.3. The Morgan fingerprint density at radius 1 is 0.317 bits per heavy atom. The minimum absolute atomic E-state index is 0. The molecule has 18 rings (SSSR count). The molecule has 15 heterocycles. The third-order valence-electron chi connectivity index (χ3n) is 23.8. The minimum Gasteiger partial charge on any atom is -0.457 e. The van der Waals surface area contributed by atoms with E-state index in [-0.39, 0.29) is 13.5 Å². The number of pyridine rings is 10. The number of halogens is 2. The summed E-state index contributed by atoms with van der Waals surface area (Å²) in [7, 11) is 0. The number of aromatic nitrogens is 10. The zero-order valence-corrected chi connectivity index (χ0v) is 85.5. The SMILES string of the molecule is C.C=C(C)c1ccnc(N2CCC(NC(=S)Nc3cccnc3)CC2)c1.Cc1ccc(Oc2ccnc(N3CCC(NC(=S)Nc4cccnc4)CC3)c2)cc1.Cc1ccc(Oc2ccnc(N3CCC(NC(=S)Nc4cccnc4)CC3)c2)cc1.Cc1ccc(Oc2ccnc(N3CCC(NC(=S)Nc4cccnc4)CC3)c2Cl)c(C)c1.Cc1cnc(N2CCC(NC(=S)Nc3cccnc3)CC2)c(Cl)c1. The number of nitrogens with one attached hydrogen (secondary N) is 10. The summed E-state index contributed by atoms with van der Waals surface area (Å²) < 4.78 is 18.1. The molecule has 5 fully saturated rings. The van der Waals surface area contributed by atoms with E-state index in [9.17, 15) is 0 Å². The molecule has 0 spiro atoms. The Labute approximate surface area is 870 Å². The summed E-state index contributed by atoms with van der Waals surface area (Å²) in [5, 5.41) is 37.3. The van der Waals surface area contributed by atoms with E-state index in [4.69, 9.17) is 98.5 Å². The monoisotopic (exact) mass is 2040 g/mol. The highest BCUT2D eigenvalue weighted by atomic mass is 35.5. The van der Waals surface area contributed by atoms with E-state index >= 15 is 0 Å². The summed E-state index contributed by atoms with van der Waals surface area (Å²) >= 11 is 40.1. The zero-order valence-electron chi connectivity index (χ0n) is 79.9. The second-order valence-corrected chi connectivity index (χ2v) is 37.7. The van der Waals surface area contributed by atoms with Gasteiger partial charge in [0.25, 0.3) is 0 Å². The summed E-state index contributed by atoms with van der Waals surface area (Å²) in [6, 6.07) is 58.7. The lowest BCUT2D eigenvalue weighted by Gasteiger charge is -2.34. The molecule has 0 aliphatic carbocycles. The average molecular weight is 2040 g/mol. The number of rotatable bonds is 22. The molecule has 35 heteroatoms. The largest absolute Gasteiger partial charge is 0.457 e. The minimum atomic E-state index is 0. The van der Waals surface area contributed by atoms with E-state index in [2.05, 4.69) is 167 Å². The Balaban J connectivity index is 0.000000149. The molecule has 3 aromatic carbocycles. The fraction of sp³-hybridized carbons (Fsp3) is 0.299. The summed E-state index contributed by atoms with van der Waals surface area (Å²) in [6.45, 7) is 25.3. The average Bonchev–Trinajstić information content (AvgIpc) is 0.818. The molecule has 0 bridgehead atoms. The molecule has 5 aliphatic rings. The molecule has 142 heavy (non-hydrogen) atoms. The first kappa shape index (κ1) is 106. The quantitative estimate of drug-likeness (QED) is 0.0282. The van der Waals surface area contributed by atoms with Crippen molar-refractivity contribution in [1.82, 2.24) is 76.4 Å². The maximum atomic E-state index is 6.71. The number of nitrogens with zero attached hydrogens (tertiary/aromatic N) is 15. The van der Waals surface area contributed by atoms with Crippen LogP contribution in [0.1, 0.15) is 112 Å². The molecule has 738 valence electrons. The van der Waals surface area contributed by atoms with Crippen LogP contribution in [0.2, 0.25) is 10.0 Å². The molecule has 13 aromatic rings. The number of hydrogen-bond acceptors (Lipinski definition) is 23. The van der Waals surface area contributed by atoms with Gasteiger partial charge in [-0.25, -0.2) is 24.9 Å². The maximum Gasteiger partial charge on any atom is 0.171 e. The summed E-state index contributed by atoms with van der Waals surface area (Å²) in [6.07, 6.45) is 36.4. The predicted molar refractivity (Wildman–Crippen MR) is 600 cm³/mol. The van der Waals surface area contributed by atoms with Crippen LogP contribution >= 0.6 is 84.3 Å². The highest BCUT2D eigenvalue weighted by molar-refractivity contribution is 7.81. The molecule has 10 aromatic heterocycles. The van der Waals surface area contributed by atoms with Crippen LogP contribution in [-0.2, 0) is 0 Å². The van der Waals surface area contributed by atoms with E-state index < -0.39 is 0 Å². The molecule has 0 saturated carbocycles. The smallest absolute Gasteiger partial charge is 0.171 e. The first-order valence-corrected chi connectivity index (χ1v) is 50.0. The van der Waals surface area contributed by atoms with E-state index in [0.717, 1.165) is 243 Å². The number of hydrogen-bond donors (Lipinski definition) is 10. The van der Waals surface area contributed by atoms with Crippen molar-refractivity contribution >= 4 is 173 Å². The molecule has 5 aliphatic heterocycles. The van der Waals surface area contributed by atoms with Gasteiger partial charge in [-0.1, -0.05) is 95.9 Å². The first-order chi connectivity index (χ1) is 68.5. The first-order valence-electron chi connectivity index (χ1n) is 47.2. The fourth-order valence-electron chi connectivity index (χ4n) is 16.3. The Kier molecular flexibility index (Phi) is 40.5. The van der Waals surface area contributed by atoms with Gasteiger partial charge in [-0.15, -0.1) is 0 Å². The lowest BCUT2D eigenvalue weighted by atomic mass is 10.0. The number of piperidine rings is 5.